The maximum absolute atomic E-state index is 12.0. The van der Waals surface area contributed by atoms with Gasteiger partial charge in [0.15, 0.2) is 23.0 Å². The van der Waals surface area contributed by atoms with E-state index in [4.69, 9.17) is 18.9 Å². The molecule has 0 aliphatic rings. The Morgan fingerprint density at radius 3 is 1.44 bits per heavy atom. The van der Waals surface area contributed by atoms with Gasteiger partial charge in [-0.3, -0.25) is 9.59 Å². The van der Waals surface area contributed by atoms with E-state index >= 15 is 0 Å². The number of nitrogens with one attached hydrogen (secondary N) is 2. The third-order valence-electron chi connectivity index (χ3n) is 4.78. The van der Waals surface area contributed by atoms with Gasteiger partial charge in [-0.25, -0.2) is 10.9 Å². The molecule has 2 N–H and O–H groups in total. The number of carbonyl (C=O) groups is 2. The number of carbonyl (C=O) groups excluding carboxylic acids is 2. The average Bonchev–Trinajstić information content (AvgIpc) is 2.85. The van der Waals surface area contributed by atoms with Crippen LogP contribution in [0.15, 0.2) is 43.4 Å². The summed E-state index contributed by atoms with van der Waals surface area (Å²) in [5, 5.41) is 7.93. The Kier molecular flexibility index (Phi) is 12.2. The molecule has 2 rings (SSSR count). The summed E-state index contributed by atoms with van der Waals surface area (Å²) in [7, 11) is 6.17. The molecule has 0 unspecified atom stereocenters. The van der Waals surface area contributed by atoms with Crippen LogP contribution < -0.4 is 29.8 Å². The first-order chi connectivity index (χ1) is 17.3. The highest BCUT2D eigenvalue weighted by atomic mass is 79.9. The van der Waals surface area contributed by atoms with Crippen LogP contribution in [0.3, 0.4) is 0 Å². The standard InChI is InChI=1S/C24H28Br2N4O6/c1-33-19-11-15(9-17(25)23(19)35-3)13-27-29-21(31)7-5-6-8-22(32)30-28-14-16-10-18(26)24(36-4)20(12-16)34-2/h9-14H,5-8H2,1-4H3,(H,29,31)(H,30,32)/b27-13+,28-14+. The number of hydrazone groups is 2. The van der Waals surface area contributed by atoms with Crippen molar-refractivity contribution in [1.82, 2.24) is 10.9 Å². The fraction of sp³-hybridized carbons (Fsp3) is 0.333. The molecule has 2 aromatic carbocycles. The number of halogens is 2. The quantitative estimate of drug-likeness (QED) is 0.193. The van der Waals surface area contributed by atoms with Crippen LogP contribution in [-0.2, 0) is 9.59 Å². The zero-order valence-electron chi connectivity index (χ0n) is 20.4. The van der Waals surface area contributed by atoms with E-state index in [0.717, 1.165) is 11.1 Å². The van der Waals surface area contributed by atoms with Crippen LogP contribution in [0.4, 0.5) is 0 Å². The average molecular weight is 628 g/mol. The Morgan fingerprint density at radius 2 is 1.11 bits per heavy atom. The lowest BCUT2D eigenvalue weighted by atomic mass is 10.2. The molecule has 2 amide bonds. The van der Waals surface area contributed by atoms with Crippen molar-refractivity contribution in [3.63, 3.8) is 0 Å². The normalized spacial score (nSPS) is 10.9. The molecule has 0 aliphatic heterocycles. The number of benzene rings is 2. The topological polar surface area (TPSA) is 120 Å². The second kappa shape index (κ2) is 15.1. The lowest BCUT2D eigenvalue weighted by molar-refractivity contribution is -0.123. The van der Waals surface area contributed by atoms with Crippen LogP contribution in [0.25, 0.3) is 0 Å². The minimum atomic E-state index is -0.247. The number of methoxy groups -OCH3 is 4. The number of amides is 2. The van der Waals surface area contributed by atoms with Crippen molar-refractivity contribution >= 4 is 56.1 Å². The summed E-state index contributed by atoms with van der Waals surface area (Å²) >= 11 is 6.82. The van der Waals surface area contributed by atoms with Crippen LogP contribution in [0.2, 0.25) is 0 Å². The van der Waals surface area contributed by atoms with Crippen molar-refractivity contribution in [3.8, 4) is 23.0 Å². The number of nitrogens with zero attached hydrogens (tertiary/aromatic N) is 2. The molecular formula is C24H28Br2N4O6. The van der Waals surface area contributed by atoms with Gasteiger partial charge in [-0.05, 0) is 80.1 Å². The second-order valence-electron chi connectivity index (χ2n) is 7.27. The molecule has 0 saturated heterocycles. The number of rotatable bonds is 13. The SMILES string of the molecule is COc1cc(/C=N/NC(=O)CCCCC(=O)N/N=C/c2cc(Br)c(OC)c(OC)c2)cc(Br)c1OC. The molecule has 12 heteroatoms. The minimum Gasteiger partial charge on any atom is -0.493 e. The van der Waals surface area contributed by atoms with Gasteiger partial charge in [-0.2, -0.15) is 10.2 Å². The molecule has 0 fully saturated rings. The summed E-state index contributed by atoms with van der Waals surface area (Å²) in [6, 6.07) is 7.07. The first kappa shape index (κ1) is 29.1. The van der Waals surface area contributed by atoms with Crippen molar-refractivity contribution in [1.29, 1.82) is 0 Å². The van der Waals surface area contributed by atoms with Gasteiger partial charge >= 0.3 is 0 Å². The zero-order chi connectivity index (χ0) is 26.5. The van der Waals surface area contributed by atoms with Gasteiger partial charge in [0, 0.05) is 12.8 Å². The summed E-state index contributed by atoms with van der Waals surface area (Å²) in [6.07, 6.45) is 4.55. The van der Waals surface area contributed by atoms with Crippen molar-refractivity contribution in [2.45, 2.75) is 25.7 Å². The van der Waals surface area contributed by atoms with Gasteiger partial charge in [-0.1, -0.05) is 0 Å². The third-order valence-corrected chi connectivity index (χ3v) is 5.95. The molecule has 0 atom stereocenters. The number of ether oxygens (including phenoxy) is 4. The first-order valence-electron chi connectivity index (χ1n) is 10.8. The Labute approximate surface area is 226 Å². The molecule has 0 spiro atoms. The lowest BCUT2D eigenvalue weighted by Gasteiger charge is -2.10. The fourth-order valence-corrected chi connectivity index (χ4v) is 4.31. The lowest BCUT2D eigenvalue weighted by Crippen LogP contribution is -2.19. The van der Waals surface area contributed by atoms with E-state index in [2.05, 4.69) is 52.9 Å². The summed E-state index contributed by atoms with van der Waals surface area (Å²) in [4.78, 5) is 24.0. The molecule has 0 saturated carbocycles. The summed E-state index contributed by atoms with van der Waals surface area (Å²) in [5.74, 6) is 1.73. The van der Waals surface area contributed by atoms with Crippen LogP contribution in [0.1, 0.15) is 36.8 Å². The number of hydrogen-bond donors (Lipinski definition) is 2. The molecule has 36 heavy (non-hydrogen) atoms. The fourth-order valence-electron chi connectivity index (χ4n) is 3.07. The van der Waals surface area contributed by atoms with Gasteiger partial charge in [0.2, 0.25) is 11.8 Å². The molecule has 10 nitrogen and oxygen atoms in total. The highest BCUT2D eigenvalue weighted by molar-refractivity contribution is 9.11. The van der Waals surface area contributed by atoms with E-state index in [1.807, 2.05) is 0 Å². The molecule has 0 aliphatic carbocycles. The molecule has 2 aromatic rings. The van der Waals surface area contributed by atoms with Crippen LogP contribution >= 0.6 is 31.9 Å². The summed E-state index contributed by atoms with van der Waals surface area (Å²) < 4.78 is 22.5. The predicted molar refractivity (Wildman–Crippen MR) is 144 cm³/mol. The van der Waals surface area contributed by atoms with Gasteiger partial charge in [0.25, 0.3) is 0 Å². The van der Waals surface area contributed by atoms with E-state index in [1.54, 1.807) is 38.5 Å². The Balaban J connectivity index is 1.72. The van der Waals surface area contributed by atoms with Crippen LogP contribution in [0.5, 0.6) is 23.0 Å². The van der Waals surface area contributed by atoms with Crippen molar-refractivity contribution < 1.29 is 28.5 Å². The highest BCUT2D eigenvalue weighted by Gasteiger charge is 2.11. The molecule has 0 aromatic heterocycles. The maximum atomic E-state index is 12.0. The van der Waals surface area contributed by atoms with E-state index in [0.29, 0.717) is 44.8 Å². The molecule has 0 bridgehead atoms. The van der Waals surface area contributed by atoms with Gasteiger partial charge in [0.05, 0.1) is 49.8 Å². The van der Waals surface area contributed by atoms with Gasteiger partial charge in [-0.15, -0.1) is 0 Å². The largest absolute Gasteiger partial charge is 0.493 e. The third kappa shape index (κ3) is 8.83. The molecule has 0 radical (unpaired) electrons. The summed E-state index contributed by atoms with van der Waals surface area (Å²) in [5.41, 5.74) is 6.39. The first-order valence-corrected chi connectivity index (χ1v) is 12.4. The maximum Gasteiger partial charge on any atom is 0.240 e. The smallest absolute Gasteiger partial charge is 0.240 e. The van der Waals surface area contributed by atoms with E-state index in [9.17, 15) is 9.59 Å². The number of unbranched alkanes of at least 4 members (excludes halogenated alkanes) is 1. The van der Waals surface area contributed by atoms with Crippen molar-refractivity contribution in [2.75, 3.05) is 28.4 Å². The van der Waals surface area contributed by atoms with Gasteiger partial charge in [0.1, 0.15) is 0 Å². The minimum absolute atomic E-state index is 0.239. The molecule has 194 valence electrons. The van der Waals surface area contributed by atoms with Crippen LogP contribution in [-0.4, -0.2) is 52.7 Å². The van der Waals surface area contributed by atoms with E-state index in [-0.39, 0.29) is 24.7 Å². The van der Waals surface area contributed by atoms with Crippen molar-refractivity contribution in [2.24, 2.45) is 10.2 Å². The Morgan fingerprint density at radius 1 is 0.722 bits per heavy atom. The van der Waals surface area contributed by atoms with E-state index < -0.39 is 0 Å². The Hall–Kier alpha value is -3.12. The predicted octanol–water partition coefficient (Wildman–Crippen LogP) is 4.41. The number of hydrogen-bond acceptors (Lipinski definition) is 8. The Bertz CT molecular complexity index is 1040. The van der Waals surface area contributed by atoms with E-state index in [1.165, 1.54) is 26.6 Å². The summed E-state index contributed by atoms with van der Waals surface area (Å²) in [6.45, 7) is 0. The second-order valence-corrected chi connectivity index (χ2v) is 8.98. The molecule has 0 heterocycles. The molecular weight excluding hydrogens is 600 g/mol. The highest BCUT2D eigenvalue weighted by Crippen LogP contribution is 2.36. The zero-order valence-corrected chi connectivity index (χ0v) is 23.6. The van der Waals surface area contributed by atoms with Crippen LogP contribution in [0, 0.1) is 0 Å². The van der Waals surface area contributed by atoms with Crippen molar-refractivity contribution in [3.05, 3.63) is 44.3 Å². The monoisotopic (exact) mass is 626 g/mol. The van der Waals surface area contributed by atoms with Gasteiger partial charge < -0.3 is 18.9 Å².